The van der Waals surface area contributed by atoms with Crippen LogP contribution in [0.1, 0.15) is 11.1 Å². The fourth-order valence-electron chi connectivity index (χ4n) is 2.50. The third-order valence-electron chi connectivity index (χ3n) is 3.75. The van der Waals surface area contributed by atoms with Crippen molar-refractivity contribution in [3.8, 4) is 5.69 Å². The maximum atomic E-state index is 4.12. The minimum absolute atomic E-state index is 0. The van der Waals surface area contributed by atoms with Gasteiger partial charge in [-0.25, -0.2) is 0 Å². The van der Waals surface area contributed by atoms with Gasteiger partial charge in [-0.15, -0.1) is 12.1 Å². The van der Waals surface area contributed by atoms with Gasteiger partial charge in [-0.2, -0.15) is 24.1 Å². The fraction of sp³-hybridized carbons (Fsp3) is 0.0952. The number of aromatic nitrogens is 1. The standard InChI is InChI=1S/C21H21N2.Cm/c1-18(22-14-13-19-7-3-2-4-8-19)17-20-9-11-21(12-10-20)23-15-5-6-16-23;/h2-13,15-16,22H,1,14,17H2;/q-1;. The van der Waals surface area contributed by atoms with Crippen LogP contribution in [-0.2, 0) is 6.42 Å². The molecule has 2 nitrogen and oxygen atoms in total. The number of benzene rings is 2. The number of allylic oxidation sites excluding steroid dienone is 1. The van der Waals surface area contributed by atoms with Crippen LogP contribution in [0.2, 0.25) is 0 Å². The first-order chi connectivity index (χ1) is 11.3. The normalized spacial score (nSPS) is 9.83. The first-order valence-corrected chi connectivity index (χ1v) is 7.83. The van der Waals surface area contributed by atoms with Crippen molar-refractivity contribution in [1.29, 1.82) is 0 Å². The first-order valence-electron chi connectivity index (χ1n) is 7.83. The number of nitrogens with zero attached hydrogens (tertiary/aromatic N) is 1. The predicted octanol–water partition coefficient (Wildman–Crippen LogP) is 4.38. The molecule has 1 N–H and O–H groups in total. The Morgan fingerprint density at radius 1 is 0.917 bits per heavy atom. The summed E-state index contributed by atoms with van der Waals surface area (Å²) in [5, 5.41) is 3.37. The van der Waals surface area contributed by atoms with E-state index in [4.69, 9.17) is 0 Å². The van der Waals surface area contributed by atoms with E-state index in [2.05, 4.69) is 71.7 Å². The van der Waals surface area contributed by atoms with Gasteiger partial charge < -0.3 is 9.88 Å². The Morgan fingerprint density at radius 3 is 2.25 bits per heavy atom. The zero-order valence-electron chi connectivity index (χ0n) is 13.5. The van der Waals surface area contributed by atoms with Crippen LogP contribution < -0.4 is 5.32 Å². The molecule has 2 aromatic carbocycles. The molecule has 0 atom stereocenters. The zero-order chi connectivity index (χ0) is 15.9. The Labute approximate surface area is 138 Å². The van der Waals surface area contributed by atoms with Gasteiger partial charge in [0.25, 0.3) is 0 Å². The van der Waals surface area contributed by atoms with Crippen molar-refractivity contribution in [2.75, 3.05) is 6.54 Å². The van der Waals surface area contributed by atoms with Crippen molar-refractivity contribution in [3.05, 3.63) is 109 Å². The summed E-state index contributed by atoms with van der Waals surface area (Å²) in [6, 6.07) is 23.0. The molecule has 3 rings (SSSR count). The van der Waals surface area contributed by atoms with E-state index in [0.717, 1.165) is 18.7 Å². The molecule has 124 valence electrons. The molecule has 0 saturated heterocycles. The van der Waals surface area contributed by atoms with Gasteiger partial charge in [0.1, 0.15) is 0 Å². The van der Waals surface area contributed by atoms with Crippen LogP contribution in [-0.4, -0.2) is 11.1 Å². The molecule has 0 bridgehead atoms. The summed E-state index contributed by atoms with van der Waals surface area (Å²) in [5.74, 6) is 0. The molecule has 1 heterocycles. The fourth-order valence-corrected chi connectivity index (χ4v) is 2.50. The Bertz CT molecular complexity index is 731. The smallest absolute Gasteiger partial charge is 0.0449 e. The van der Waals surface area contributed by atoms with E-state index in [0.29, 0.717) is 0 Å². The molecule has 0 saturated carbocycles. The second-order valence-corrected chi connectivity index (χ2v) is 5.53. The van der Waals surface area contributed by atoms with Gasteiger partial charge in [0, 0.05) is 30.2 Å². The van der Waals surface area contributed by atoms with Crippen molar-refractivity contribution in [2.45, 2.75) is 6.42 Å². The zero-order valence-corrected chi connectivity index (χ0v) is 16.4. The number of rotatable bonds is 7. The molecule has 0 aliphatic heterocycles. The summed E-state index contributed by atoms with van der Waals surface area (Å²) in [6.07, 6.45) is 7.11. The van der Waals surface area contributed by atoms with Crippen LogP contribution in [0.25, 0.3) is 5.69 Å². The van der Waals surface area contributed by atoms with Crippen molar-refractivity contribution in [3.63, 3.8) is 0 Å². The van der Waals surface area contributed by atoms with Crippen molar-refractivity contribution < 1.29 is 0 Å². The average molecular weight is 548 g/mol. The van der Waals surface area contributed by atoms with E-state index < -0.39 is 0 Å². The van der Waals surface area contributed by atoms with Crippen LogP contribution >= 0.6 is 0 Å². The molecule has 3 aromatic rings. The summed E-state index contributed by atoms with van der Waals surface area (Å²) in [7, 11) is 0. The molecule has 0 fully saturated rings. The van der Waals surface area contributed by atoms with Gasteiger partial charge in [0.15, 0.2) is 0 Å². The second-order valence-electron chi connectivity index (χ2n) is 5.53. The monoisotopic (exact) mass is 544 g/mol. The molecular formula is C21H21CmN2-. The maximum absolute atomic E-state index is 4.12. The number of nitrogens with one attached hydrogen (secondary N) is 1. The number of hydrogen-bond acceptors (Lipinski definition) is 1. The van der Waals surface area contributed by atoms with Crippen LogP contribution in [0.4, 0.5) is 0 Å². The van der Waals surface area contributed by atoms with Gasteiger partial charge in [-0.1, -0.05) is 24.8 Å². The van der Waals surface area contributed by atoms with E-state index in [1.165, 1.54) is 16.8 Å². The summed E-state index contributed by atoms with van der Waals surface area (Å²) >= 11 is 0. The van der Waals surface area contributed by atoms with Crippen molar-refractivity contribution in [1.82, 2.24) is 9.88 Å². The van der Waals surface area contributed by atoms with Gasteiger partial charge in [-0.3, -0.25) is 0 Å². The molecule has 0 amide bonds. The molecule has 1 aromatic heterocycles. The van der Waals surface area contributed by atoms with Gasteiger partial charge in [0.2, 0.25) is 0 Å². The largest absolute Gasteiger partial charge is 0.396 e. The SMILES string of the molecule is C=C(Cc1ccc(-n2cccc2)cc1)NC[CH-]c1ccccc1.[Cm]. The first kappa shape index (κ1) is 16.5. The van der Waals surface area contributed by atoms with Gasteiger partial charge in [0.05, 0.1) is 0 Å². The second kappa shape index (κ2) is 7.95. The van der Waals surface area contributed by atoms with Gasteiger partial charge >= 0.3 is 0 Å². The molecular weight excluding hydrogens is 527 g/mol. The summed E-state index contributed by atoms with van der Waals surface area (Å²) in [6.45, 7) is 4.91. The Morgan fingerprint density at radius 2 is 1.58 bits per heavy atom. The number of hydrogen-bond donors (Lipinski definition) is 1. The predicted molar refractivity (Wildman–Crippen MR) is 96.5 cm³/mol. The topological polar surface area (TPSA) is 17.0 Å². The minimum atomic E-state index is 0. The Hall–Kier alpha value is -3.87. The van der Waals surface area contributed by atoms with Gasteiger partial charge in [-0.05, 0) is 36.4 Å². The van der Waals surface area contributed by atoms with E-state index >= 15 is 0 Å². The third-order valence-corrected chi connectivity index (χ3v) is 3.75. The minimum Gasteiger partial charge on any atom is -0.396 e. The van der Waals surface area contributed by atoms with Crippen LogP contribution in [0.5, 0.6) is 0 Å². The summed E-state index contributed by atoms with van der Waals surface area (Å²) in [5.41, 5.74) is 4.70. The molecule has 0 aliphatic carbocycles. The van der Waals surface area contributed by atoms with Crippen LogP contribution in [0.3, 0.4) is 0 Å². The van der Waals surface area contributed by atoms with Crippen LogP contribution in [0, 0.1) is 6.42 Å². The summed E-state index contributed by atoms with van der Waals surface area (Å²) in [4.78, 5) is 0. The van der Waals surface area contributed by atoms with E-state index in [9.17, 15) is 0 Å². The Kier molecular flexibility index (Phi) is 5.46. The van der Waals surface area contributed by atoms with E-state index in [1.807, 2.05) is 30.3 Å². The quantitative estimate of drug-likeness (QED) is 0.434. The summed E-state index contributed by atoms with van der Waals surface area (Å²) < 4.78 is 2.10. The molecule has 0 radical (unpaired) electrons. The van der Waals surface area contributed by atoms with Crippen molar-refractivity contribution in [2.24, 2.45) is 0 Å². The van der Waals surface area contributed by atoms with E-state index in [-0.39, 0.29) is 0 Å². The molecule has 0 spiro atoms. The average Bonchev–Trinajstić information content (AvgIpc) is 3.11. The maximum Gasteiger partial charge on any atom is 0.0449 e. The molecule has 24 heavy (non-hydrogen) atoms. The third kappa shape index (κ3) is 4.31. The van der Waals surface area contributed by atoms with Crippen LogP contribution in [0.15, 0.2) is 91.4 Å². The van der Waals surface area contributed by atoms with E-state index in [1.54, 1.807) is 0 Å². The molecule has 0 aliphatic rings. The molecule has 0 unspecified atom stereocenters. The Balaban J connectivity index is 0.00000208. The van der Waals surface area contributed by atoms with Crippen molar-refractivity contribution >= 4 is 0 Å². The molecule has 3 heteroatoms.